The van der Waals surface area contributed by atoms with Crippen molar-refractivity contribution < 1.29 is 4.74 Å². The van der Waals surface area contributed by atoms with E-state index >= 15 is 0 Å². The van der Waals surface area contributed by atoms with E-state index < -0.39 is 0 Å². The van der Waals surface area contributed by atoms with Crippen molar-refractivity contribution in [3.8, 4) is 22.6 Å². The predicted molar refractivity (Wildman–Crippen MR) is 263 cm³/mol. The van der Waals surface area contributed by atoms with Gasteiger partial charge in [-0.15, -0.1) is 22.7 Å². The van der Waals surface area contributed by atoms with Crippen LogP contribution in [0.1, 0.15) is 43.6 Å². The van der Waals surface area contributed by atoms with Crippen LogP contribution in [0.5, 0.6) is 5.75 Å². The van der Waals surface area contributed by atoms with Crippen LogP contribution in [0.15, 0.2) is 158 Å². The first-order valence-electron chi connectivity index (χ1n) is 21.2. The number of ether oxygens (including phenoxy) is 1. The third kappa shape index (κ3) is 4.53. The van der Waals surface area contributed by atoms with E-state index in [1.807, 2.05) is 22.7 Å². The van der Waals surface area contributed by atoms with Crippen molar-refractivity contribution in [3.05, 3.63) is 175 Å². The molecule has 0 bridgehead atoms. The van der Waals surface area contributed by atoms with Gasteiger partial charge in [-0.1, -0.05) is 124 Å². The Hall–Kier alpha value is -6.60. The van der Waals surface area contributed by atoms with Crippen molar-refractivity contribution in [2.24, 2.45) is 0 Å². The van der Waals surface area contributed by atoms with Crippen molar-refractivity contribution in [3.63, 3.8) is 0 Å². The average Bonchev–Trinajstić information content (AvgIpc) is 4.02. The molecule has 61 heavy (non-hydrogen) atoms. The summed E-state index contributed by atoms with van der Waals surface area (Å²) in [6.07, 6.45) is -0.244. The smallest absolute Gasteiger partial charge is 0.333 e. The van der Waals surface area contributed by atoms with E-state index in [-0.39, 0.29) is 18.4 Å². The largest absolute Gasteiger partial charge is 0.480 e. The number of hydrogen-bond acceptors (Lipinski definition) is 4. The molecular formula is C55H37BN2OS2. The summed E-state index contributed by atoms with van der Waals surface area (Å²) in [5.74, 6) is 0.888. The van der Waals surface area contributed by atoms with Crippen molar-refractivity contribution in [1.29, 1.82) is 0 Å². The van der Waals surface area contributed by atoms with Crippen LogP contribution in [0.3, 0.4) is 0 Å². The molecule has 1 atom stereocenters. The number of benzene rings is 8. The molecule has 0 spiro atoms. The van der Waals surface area contributed by atoms with Gasteiger partial charge in [0.2, 0.25) is 0 Å². The standard InChI is InChI=1S/C55H37BN2OS2/c1-30-38-26-43-46(27-47(38)59-54(30)31-12-6-5-7-13-31)57-44-28-50-42(35-15-9-10-16-48(35)60-50)25-40(44)37-23-22-36-39-24-41-34-14-8-11-17-49(34)61-51(41)29-45(39)58(56(43)52(36)53(37)57)33-20-18-32(19-21-33)55(2,3)4/h5-29,54H,1H2,2-4H3. The molecule has 288 valence electrons. The Bertz CT molecular complexity index is 3750. The van der Waals surface area contributed by atoms with E-state index in [2.05, 4.69) is 182 Å². The highest BCUT2D eigenvalue weighted by Gasteiger charge is 2.45. The van der Waals surface area contributed by atoms with Crippen LogP contribution in [-0.4, -0.2) is 11.4 Å². The van der Waals surface area contributed by atoms with Crippen molar-refractivity contribution in [2.45, 2.75) is 32.3 Å². The summed E-state index contributed by atoms with van der Waals surface area (Å²) in [6, 6.07) is 57.1. The van der Waals surface area contributed by atoms with Gasteiger partial charge >= 0.3 is 6.85 Å². The second-order valence-corrected chi connectivity index (χ2v) is 20.3. The summed E-state index contributed by atoms with van der Waals surface area (Å²) in [6.45, 7) is 11.5. The van der Waals surface area contributed by atoms with Gasteiger partial charge in [0.05, 0.1) is 11.0 Å². The molecule has 1 unspecified atom stereocenters. The summed E-state index contributed by atoms with van der Waals surface area (Å²) in [5, 5.41) is 7.83. The lowest BCUT2D eigenvalue weighted by molar-refractivity contribution is 0.283. The summed E-state index contributed by atoms with van der Waals surface area (Å²) in [5.41, 5.74) is 15.8. The van der Waals surface area contributed by atoms with Gasteiger partial charge in [0.15, 0.2) is 0 Å². The molecule has 3 aliphatic rings. The fraction of sp³-hybridized carbons (Fsp3) is 0.0909. The number of nitrogens with zero attached hydrogens (tertiary/aromatic N) is 2. The van der Waals surface area contributed by atoms with Crippen molar-refractivity contribution >= 4 is 120 Å². The molecule has 0 saturated carbocycles. The third-order valence-corrected chi connectivity index (χ3v) is 16.0. The zero-order valence-electron chi connectivity index (χ0n) is 33.9. The van der Waals surface area contributed by atoms with Gasteiger partial charge < -0.3 is 14.1 Å². The molecule has 0 amide bonds. The van der Waals surface area contributed by atoms with E-state index in [9.17, 15) is 0 Å². The summed E-state index contributed by atoms with van der Waals surface area (Å²) in [4.78, 5) is 2.65. The lowest BCUT2D eigenvalue weighted by Gasteiger charge is -2.42. The Labute approximate surface area is 361 Å². The molecule has 6 heterocycles. The number of aromatic nitrogens is 1. The van der Waals surface area contributed by atoms with Crippen LogP contribution in [0.4, 0.5) is 11.4 Å². The topological polar surface area (TPSA) is 17.4 Å². The van der Waals surface area contributed by atoms with E-state index in [0.29, 0.717) is 0 Å². The predicted octanol–water partition coefficient (Wildman–Crippen LogP) is 14.2. The Morgan fingerprint density at radius 2 is 1.26 bits per heavy atom. The Morgan fingerprint density at radius 1 is 0.574 bits per heavy atom. The van der Waals surface area contributed by atoms with Crippen molar-refractivity contribution in [2.75, 3.05) is 4.81 Å². The van der Waals surface area contributed by atoms with Crippen LogP contribution in [0.25, 0.3) is 84.5 Å². The normalized spacial score (nSPS) is 15.4. The quantitative estimate of drug-likeness (QED) is 0.162. The number of thiophene rings is 2. The lowest BCUT2D eigenvalue weighted by Crippen LogP contribution is -2.60. The van der Waals surface area contributed by atoms with Gasteiger partial charge in [-0.3, -0.25) is 0 Å². The maximum Gasteiger partial charge on any atom is 0.333 e. The molecule has 0 radical (unpaired) electrons. The first kappa shape index (κ1) is 34.2. The molecule has 0 fully saturated rings. The molecule has 0 N–H and O–H groups in total. The number of hydrogen-bond donors (Lipinski definition) is 0. The second-order valence-electron chi connectivity index (χ2n) is 18.1. The minimum absolute atomic E-state index is 0.0357. The van der Waals surface area contributed by atoms with E-state index in [1.54, 1.807) is 0 Å². The van der Waals surface area contributed by atoms with E-state index in [0.717, 1.165) is 28.1 Å². The SMILES string of the molecule is C=C1c2cc3c(cc2OC1c1ccccc1)-n1c2cc4sc5ccccc5c4cc2c2ccc4c(c21)B3N(c1ccc(C(C)(C)C)cc1)c1cc2sc3ccccc3c2cc1-4. The summed E-state index contributed by atoms with van der Waals surface area (Å²) in [7, 11) is 0. The molecule has 11 aromatic rings. The number of rotatable bonds is 2. The molecule has 8 aromatic carbocycles. The fourth-order valence-corrected chi connectivity index (χ4v) is 13.1. The van der Waals surface area contributed by atoms with Gasteiger partial charge in [0.1, 0.15) is 11.9 Å². The molecule has 3 aromatic heterocycles. The van der Waals surface area contributed by atoms with Crippen molar-refractivity contribution in [1.82, 2.24) is 4.57 Å². The summed E-state index contributed by atoms with van der Waals surface area (Å²) < 4.78 is 14.7. The van der Waals surface area contributed by atoms with Crippen LogP contribution in [0, 0.1) is 0 Å². The minimum Gasteiger partial charge on any atom is -0.480 e. The highest BCUT2D eigenvalue weighted by atomic mass is 32.1. The zero-order chi connectivity index (χ0) is 40.5. The molecule has 6 heteroatoms. The first-order chi connectivity index (χ1) is 29.8. The molecule has 0 saturated heterocycles. The van der Waals surface area contributed by atoms with E-state index in [1.165, 1.54) is 101 Å². The summed E-state index contributed by atoms with van der Waals surface area (Å²) >= 11 is 3.77. The third-order valence-electron chi connectivity index (χ3n) is 13.7. The Balaban J connectivity index is 1.12. The second kappa shape index (κ2) is 11.8. The lowest BCUT2D eigenvalue weighted by atomic mass is 9.43. The Morgan fingerprint density at radius 3 is 2.00 bits per heavy atom. The molecule has 3 nitrogen and oxygen atoms in total. The van der Waals surface area contributed by atoms with E-state index in [4.69, 9.17) is 11.3 Å². The maximum atomic E-state index is 6.93. The molecule has 0 aliphatic carbocycles. The van der Waals surface area contributed by atoms with Gasteiger partial charge in [-0.2, -0.15) is 0 Å². The first-order valence-corrected chi connectivity index (χ1v) is 22.8. The number of fused-ring (bicyclic) bond motifs is 15. The fourth-order valence-electron chi connectivity index (χ4n) is 10.8. The highest BCUT2D eigenvalue weighted by Crippen LogP contribution is 2.51. The molecule has 14 rings (SSSR count). The highest BCUT2D eigenvalue weighted by molar-refractivity contribution is 7.26. The van der Waals surface area contributed by atoms with Crippen LogP contribution < -0.4 is 20.5 Å². The maximum absolute atomic E-state index is 6.93. The van der Waals surface area contributed by atoms with Gasteiger partial charge in [0, 0.05) is 90.9 Å². The van der Waals surface area contributed by atoms with Gasteiger partial charge in [0.25, 0.3) is 0 Å². The van der Waals surface area contributed by atoms with Gasteiger partial charge in [-0.25, -0.2) is 0 Å². The number of anilines is 2. The van der Waals surface area contributed by atoms with Gasteiger partial charge in [-0.05, 0) is 81.6 Å². The zero-order valence-corrected chi connectivity index (χ0v) is 35.5. The minimum atomic E-state index is -0.244. The monoisotopic (exact) mass is 816 g/mol. The molecule has 3 aliphatic heterocycles. The van der Waals surface area contributed by atoms with Crippen LogP contribution in [0.2, 0.25) is 0 Å². The van der Waals surface area contributed by atoms with Crippen LogP contribution >= 0.6 is 22.7 Å². The molecular weight excluding hydrogens is 780 g/mol. The Kier molecular flexibility index (Phi) is 6.62. The van der Waals surface area contributed by atoms with Crippen LogP contribution in [-0.2, 0) is 5.41 Å². The average molecular weight is 817 g/mol.